The molecule has 0 radical (unpaired) electrons. The molecule has 0 aromatic carbocycles. The average molecular weight is 1130 g/mol. The van der Waals surface area contributed by atoms with Crippen LogP contribution in [-0.2, 0) is 42.8 Å². The van der Waals surface area contributed by atoms with Crippen molar-refractivity contribution in [2.24, 2.45) is 45.3 Å². The summed E-state index contributed by atoms with van der Waals surface area (Å²) in [6, 6.07) is 0. The van der Waals surface area contributed by atoms with Crippen molar-refractivity contribution in [3.63, 3.8) is 0 Å². The quantitative estimate of drug-likeness (QED) is 0.0398. The second-order valence-electron chi connectivity index (χ2n) is 25.6. The second kappa shape index (κ2) is 23.7. The third-order valence-electron chi connectivity index (χ3n) is 20.6. The highest BCUT2D eigenvalue weighted by Crippen LogP contribution is 2.75. The predicted molar refractivity (Wildman–Crippen MR) is 264 cm³/mol. The molecule has 8 aliphatic rings. The third kappa shape index (κ3) is 10.9. The molecule has 3 saturated carbocycles. The molecular formula is C53H90O25. The molecule has 7 fully saturated rings. The zero-order chi connectivity index (χ0) is 57.5. The van der Waals surface area contributed by atoms with Gasteiger partial charge in [0.15, 0.2) is 25.2 Å². The number of fused-ring (bicyclic) bond motifs is 5. The molecule has 4 heterocycles. The van der Waals surface area contributed by atoms with E-state index in [4.69, 9.17) is 37.9 Å². The van der Waals surface area contributed by atoms with E-state index in [9.17, 15) is 81.9 Å². The summed E-state index contributed by atoms with van der Waals surface area (Å²) >= 11 is 0. The largest absolute Gasteiger partial charge is 0.394 e. The van der Waals surface area contributed by atoms with Crippen molar-refractivity contribution in [3.8, 4) is 0 Å². The minimum Gasteiger partial charge on any atom is -0.394 e. The van der Waals surface area contributed by atoms with Crippen molar-refractivity contribution >= 4 is 0 Å². The van der Waals surface area contributed by atoms with Gasteiger partial charge in [-0.05, 0) is 99.7 Å². The fourth-order valence-electron chi connectivity index (χ4n) is 15.5. The van der Waals surface area contributed by atoms with Gasteiger partial charge in [-0.15, -0.1) is 0 Å². The Bertz CT molecular complexity index is 2030. The molecule has 0 aromatic rings. The highest BCUT2D eigenvalue weighted by Gasteiger charge is 2.70. The number of allylic oxidation sites excluding steroid dienone is 1. The van der Waals surface area contributed by atoms with Gasteiger partial charge in [0.1, 0.15) is 91.6 Å². The number of hydrogen-bond acceptors (Lipinski definition) is 25. The van der Waals surface area contributed by atoms with Gasteiger partial charge in [0, 0.05) is 10.8 Å². The Labute approximate surface area is 454 Å². The van der Waals surface area contributed by atoms with Crippen molar-refractivity contribution in [2.75, 3.05) is 19.8 Å². The molecule has 0 unspecified atom stereocenters. The van der Waals surface area contributed by atoms with E-state index in [-0.39, 0.29) is 40.9 Å². The maximum Gasteiger partial charge on any atom is 0.222 e. The Kier molecular flexibility index (Phi) is 19.0. The third-order valence-corrected chi connectivity index (χ3v) is 20.6. The van der Waals surface area contributed by atoms with Crippen LogP contribution in [0.3, 0.4) is 0 Å². The first-order chi connectivity index (χ1) is 36.4. The number of rotatable bonds is 17. The minimum absolute atomic E-state index is 0.0216. The molecule has 0 bridgehead atoms. The Hall–Kier alpha value is -1.26. The van der Waals surface area contributed by atoms with Crippen LogP contribution in [0.15, 0.2) is 11.6 Å². The number of ether oxygens (including phenoxy) is 8. The molecule has 4 saturated heterocycles. The van der Waals surface area contributed by atoms with Crippen LogP contribution in [0.2, 0.25) is 0 Å². The van der Waals surface area contributed by atoms with Gasteiger partial charge < -0.3 is 114 Å². The van der Waals surface area contributed by atoms with Gasteiger partial charge in [0.2, 0.25) is 6.29 Å². The molecular weight excluding hydrogens is 1040 g/mol. The molecule has 25 nitrogen and oxygen atoms in total. The number of aliphatic hydroxyl groups excluding tert-OH is 14. The van der Waals surface area contributed by atoms with Crippen LogP contribution in [0.1, 0.15) is 107 Å². The highest BCUT2D eigenvalue weighted by atomic mass is 17.1. The lowest BCUT2D eigenvalue weighted by Crippen LogP contribution is -2.65. The first-order valence-corrected chi connectivity index (χ1v) is 27.7. The van der Waals surface area contributed by atoms with Crippen molar-refractivity contribution in [2.45, 2.75) is 254 Å². The first-order valence-electron chi connectivity index (χ1n) is 27.7. The zero-order valence-corrected chi connectivity index (χ0v) is 45.8. The molecule has 8 rings (SSSR count). The van der Waals surface area contributed by atoms with Crippen LogP contribution in [0.25, 0.3) is 0 Å². The highest BCUT2D eigenvalue weighted by molar-refractivity contribution is 5.32. The van der Waals surface area contributed by atoms with Crippen LogP contribution in [0, 0.1) is 45.3 Å². The maximum absolute atomic E-state index is 12.7. The molecule has 16 N–H and O–H groups in total. The van der Waals surface area contributed by atoms with E-state index in [0.717, 1.165) is 18.4 Å². The zero-order valence-electron chi connectivity index (χ0n) is 45.8. The molecule has 0 aromatic heterocycles. The molecule has 4 aliphatic heterocycles. The number of aliphatic hydroxyl groups is 15. The summed E-state index contributed by atoms with van der Waals surface area (Å²) < 4.78 is 47.1. The SMILES string of the molecule is C[C@H](CC[C@@H](O[C@@H]1O[C@H](OO)[C@@H](O)[C@H](O)[C@H]1O[C@@H]1O[C@H](CO)[C@@H](O)[C@H](O)[C@H]1O)C(C)(C)O)[C@H]1CC[C@@]2(C)[C@H]3CC=C4[C@@H](CC[C@H](O[C@@H]5O[C@H](CO[C@@H]6O[C@H](CO)[C@@H](O)[C@H](O)[C@H]6O)[C@@H](O)[C@H](O)[C@H]5O)C4(C)C)[C@]3(C)[C@H](O)C[C@]12C. The van der Waals surface area contributed by atoms with Crippen LogP contribution < -0.4 is 0 Å². The van der Waals surface area contributed by atoms with Crippen molar-refractivity contribution in [1.82, 2.24) is 0 Å². The van der Waals surface area contributed by atoms with Gasteiger partial charge in [-0.1, -0.05) is 53.2 Å². The normalized spacial score (nSPS) is 51.4. The maximum atomic E-state index is 12.7. The summed E-state index contributed by atoms with van der Waals surface area (Å²) in [6.07, 6.45) is -28.3. The summed E-state index contributed by atoms with van der Waals surface area (Å²) in [4.78, 5) is 4.30. The van der Waals surface area contributed by atoms with E-state index in [1.54, 1.807) is 0 Å². The van der Waals surface area contributed by atoms with Gasteiger partial charge in [-0.2, -0.15) is 0 Å². The van der Waals surface area contributed by atoms with Gasteiger partial charge in [0.05, 0.1) is 43.7 Å². The summed E-state index contributed by atoms with van der Waals surface area (Å²) in [7, 11) is 0. The van der Waals surface area contributed by atoms with Crippen molar-refractivity contribution in [3.05, 3.63) is 11.6 Å². The summed E-state index contributed by atoms with van der Waals surface area (Å²) in [5.74, 6) is 0.171. The van der Waals surface area contributed by atoms with Crippen LogP contribution in [0.4, 0.5) is 0 Å². The predicted octanol–water partition coefficient (Wildman–Crippen LogP) is -2.78. The van der Waals surface area contributed by atoms with Gasteiger partial charge in [0.25, 0.3) is 0 Å². The minimum atomic E-state index is -1.91. The van der Waals surface area contributed by atoms with Crippen molar-refractivity contribution < 1.29 is 125 Å². The van der Waals surface area contributed by atoms with E-state index in [0.29, 0.717) is 32.1 Å². The Balaban J connectivity index is 0.940. The van der Waals surface area contributed by atoms with Crippen LogP contribution in [0.5, 0.6) is 0 Å². The molecule has 25 heteroatoms. The lowest BCUT2D eigenvalue weighted by atomic mass is 9.38. The molecule has 78 heavy (non-hydrogen) atoms. The summed E-state index contributed by atoms with van der Waals surface area (Å²) in [5.41, 5.74) is -2.22. The van der Waals surface area contributed by atoms with Crippen molar-refractivity contribution in [1.29, 1.82) is 0 Å². The molecule has 4 aliphatic carbocycles. The van der Waals surface area contributed by atoms with Crippen LogP contribution >= 0.6 is 0 Å². The average Bonchev–Trinajstić information content (AvgIpc) is 2.93. The van der Waals surface area contributed by atoms with E-state index < -0.39 is 178 Å². The Morgan fingerprint density at radius 3 is 1.73 bits per heavy atom. The second-order valence-corrected chi connectivity index (χ2v) is 25.6. The lowest BCUT2D eigenvalue weighted by molar-refractivity contribution is -0.445. The fourth-order valence-corrected chi connectivity index (χ4v) is 15.5. The monoisotopic (exact) mass is 1130 g/mol. The van der Waals surface area contributed by atoms with Gasteiger partial charge in [-0.3, -0.25) is 0 Å². The molecule has 0 amide bonds. The van der Waals surface area contributed by atoms with E-state index >= 15 is 0 Å². The first kappa shape index (κ1) is 62.8. The molecule has 452 valence electrons. The van der Waals surface area contributed by atoms with Gasteiger partial charge >= 0.3 is 0 Å². The topological polar surface area (TPSA) is 407 Å². The standard InChI is InChI=1S/C53H90O25/c1-21(9-13-31(50(4,5)68)75-48-43(38(63)42(67)47(77-48)78-69)76-46-41(66)36(61)33(58)26(19-55)72-46)22-15-16-51(6)28-12-10-23-24(53(28,8)29(56)17-52(22,51)7)11-14-30(49(23,2)3)74-45-40(65)37(62)34(59)27(73-45)20-70-44-39(64)35(60)32(57)25(18-54)71-44/h10,21-22,24-48,54-69H,9,11-20H2,1-8H3/t21-,22-,24-,25-,26-,27-,28-,29-,30+,31-,32-,33-,34-,35+,36+,37+,38+,39-,40-,41-,42+,43-,44-,45+,46+,47-,48-,51+,52-,53+/m1/s1. The Morgan fingerprint density at radius 2 is 1.15 bits per heavy atom. The number of hydrogen-bond donors (Lipinski definition) is 16. The van der Waals surface area contributed by atoms with E-state index in [1.807, 2.05) is 0 Å². The molecule has 30 atom stereocenters. The smallest absolute Gasteiger partial charge is 0.222 e. The lowest BCUT2D eigenvalue weighted by Gasteiger charge is -2.67. The van der Waals surface area contributed by atoms with E-state index in [1.165, 1.54) is 13.8 Å². The van der Waals surface area contributed by atoms with Gasteiger partial charge in [-0.25, -0.2) is 10.1 Å². The Morgan fingerprint density at radius 1 is 0.615 bits per heavy atom. The van der Waals surface area contributed by atoms with E-state index in [2.05, 4.69) is 52.5 Å². The van der Waals surface area contributed by atoms with Crippen LogP contribution in [-0.4, -0.2) is 249 Å². The fraction of sp³-hybridized carbons (Fsp3) is 0.962. The summed E-state index contributed by atoms with van der Waals surface area (Å²) in [5, 5.41) is 171. The summed E-state index contributed by atoms with van der Waals surface area (Å²) in [6.45, 7) is 14.2. The molecule has 0 spiro atoms.